The zero-order valence-electron chi connectivity index (χ0n) is 8.46. The molecule has 0 aromatic heterocycles. The molecule has 0 aromatic carbocycles. The molecule has 1 rings (SSSR count). The summed E-state index contributed by atoms with van der Waals surface area (Å²) in [6.45, 7) is 8.39. The van der Waals surface area contributed by atoms with E-state index in [1.54, 1.807) is 0 Å². The largest absolute Gasteiger partial charge is 0.469 e. The van der Waals surface area contributed by atoms with E-state index in [9.17, 15) is 0 Å². The number of hydrogen-bond donors (Lipinski definition) is 0. The molecule has 0 aliphatic carbocycles. The molecule has 0 aromatic rings. The third-order valence-electron chi connectivity index (χ3n) is 2.12. The summed E-state index contributed by atoms with van der Waals surface area (Å²) in [6.07, 6.45) is 3.99. The van der Waals surface area contributed by atoms with Crippen LogP contribution >= 0.6 is 22.2 Å². The van der Waals surface area contributed by atoms with Crippen LogP contribution in [-0.2, 0) is 0 Å². The molecule has 0 amide bonds. The van der Waals surface area contributed by atoms with E-state index in [2.05, 4.69) is 36.8 Å². The van der Waals surface area contributed by atoms with Crippen LogP contribution in [0.1, 0.15) is 27.7 Å². The molecular weight excluding hydrogens is 223 g/mol. The highest BCUT2D eigenvalue weighted by molar-refractivity contribution is 7.43. The van der Waals surface area contributed by atoms with Crippen LogP contribution in [0, 0.1) is 0 Å². The Morgan fingerprint density at radius 2 is 1.23 bits per heavy atom. The van der Waals surface area contributed by atoms with Crippen molar-refractivity contribution in [1.82, 2.24) is 9.13 Å². The number of hydrogen-bond acceptors (Lipinski definition) is 2. The lowest BCUT2D eigenvalue weighted by molar-refractivity contribution is 0.428. The van der Waals surface area contributed by atoms with Gasteiger partial charge in [0.2, 0.25) is 0 Å². The van der Waals surface area contributed by atoms with E-state index < -0.39 is 7.02 Å². The van der Waals surface area contributed by atoms with E-state index in [4.69, 9.17) is 22.2 Å². The molecule has 0 spiro atoms. The van der Waals surface area contributed by atoms with Crippen molar-refractivity contribution < 1.29 is 0 Å². The van der Waals surface area contributed by atoms with Crippen molar-refractivity contribution in [3.05, 3.63) is 12.4 Å². The molecule has 76 valence electrons. The first-order valence-corrected chi connectivity index (χ1v) is 8.42. The van der Waals surface area contributed by atoms with Crippen molar-refractivity contribution in [3.63, 3.8) is 0 Å². The van der Waals surface area contributed by atoms with Gasteiger partial charge in [-0.3, -0.25) is 0 Å². The summed E-state index contributed by atoms with van der Waals surface area (Å²) in [4.78, 5) is 0. The summed E-state index contributed by atoms with van der Waals surface area (Å²) in [5.74, 6) is 0. The maximum absolute atomic E-state index is 6.38. The van der Waals surface area contributed by atoms with Gasteiger partial charge in [0, 0.05) is 24.5 Å². The minimum atomic E-state index is -2.43. The molecule has 0 atom stereocenters. The second kappa shape index (κ2) is 3.71. The van der Waals surface area contributed by atoms with Crippen LogP contribution in [0.25, 0.3) is 0 Å². The van der Waals surface area contributed by atoms with E-state index in [1.165, 1.54) is 0 Å². The van der Waals surface area contributed by atoms with Gasteiger partial charge in [-0.2, -0.15) is 0 Å². The third-order valence-corrected chi connectivity index (χ3v) is 7.04. The summed E-state index contributed by atoms with van der Waals surface area (Å²) in [5, 5.41) is 0. The highest BCUT2D eigenvalue weighted by atomic mass is 35.7. The van der Waals surface area contributed by atoms with Gasteiger partial charge in [-0.25, -0.2) is 0 Å². The number of nitrogens with zero attached hydrogens (tertiary/aromatic N) is 2. The van der Waals surface area contributed by atoms with E-state index >= 15 is 0 Å². The average molecular weight is 239 g/mol. The van der Waals surface area contributed by atoms with Gasteiger partial charge < -0.3 is 9.13 Å². The monoisotopic (exact) mass is 238 g/mol. The predicted molar refractivity (Wildman–Crippen MR) is 60.6 cm³/mol. The molecule has 0 saturated carbocycles. The number of halogens is 2. The highest BCUT2D eigenvalue weighted by Gasteiger charge is 2.47. The normalized spacial score (nSPS) is 20.9. The maximum Gasteiger partial charge on any atom is 0.469 e. The lowest BCUT2D eigenvalue weighted by Gasteiger charge is -2.36. The number of rotatable bonds is 2. The standard InChI is InChI=1S/C8H16Cl2N2Si/c1-7(2)11-5-6-12(8(3)4)13(11,9)10/h5-8H,1-4H3. The predicted octanol–water partition coefficient (Wildman–Crippen LogP) is 2.81. The summed E-state index contributed by atoms with van der Waals surface area (Å²) >= 11 is 12.8. The van der Waals surface area contributed by atoms with Crippen molar-refractivity contribution >= 4 is 29.2 Å². The molecule has 2 nitrogen and oxygen atoms in total. The van der Waals surface area contributed by atoms with Crippen LogP contribution in [0.2, 0.25) is 0 Å². The van der Waals surface area contributed by atoms with Gasteiger partial charge in [0.05, 0.1) is 0 Å². The quantitative estimate of drug-likeness (QED) is 0.540. The Hall–Kier alpha value is 0.137. The van der Waals surface area contributed by atoms with Crippen LogP contribution in [-0.4, -0.2) is 28.2 Å². The third kappa shape index (κ3) is 1.97. The van der Waals surface area contributed by atoms with Gasteiger partial charge in [-0.1, -0.05) is 22.2 Å². The fourth-order valence-electron chi connectivity index (χ4n) is 1.42. The smallest absolute Gasteiger partial charge is 0.360 e. The van der Waals surface area contributed by atoms with Crippen molar-refractivity contribution in [3.8, 4) is 0 Å². The first kappa shape index (κ1) is 11.2. The molecule has 1 aliphatic rings. The molecule has 0 radical (unpaired) electrons. The molecule has 0 saturated heterocycles. The zero-order valence-corrected chi connectivity index (χ0v) is 11.0. The molecule has 0 N–H and O–H groups in total. The summed E-state index contributed by atoms with van der Waals surface area (Å²) in [6, 6.07) is 0.725. The minimum Gasteiger partial charge on any atom is -0.360 e. The average Bonchev–Trinajstić information content (AvgIpc) is 2.24. The molecule has 5 heteroatoms. The van der Waals surface area contributed by atoms with E-state index in [0.29, 0.717) is 12.1 Å². The van der Waals surface area contributed by atoms with Crippen molar-refractivity contribution in [2.45, 2.75) is 39.8 Å². The molecular formula is C8H16Cl2N2Si. The Morgan fingerprint density at radius 1 is 0.923 bits per heavy atom. The fraction of sp³-hybridized carbons (Fsp3) is 0.750. The molecule has 0 fully saturated rings. The summed E-state index contributed by atoms with van der Waals surface area (Å²) < 4.78 is 4.13. The lowest BCUT2D eigenvalue weighted by atomic mass is 10.4. The van der Waals surface area contributed by atoms with Gasteiger partial charge >= 0.3 is 7.02 Å². The van der Waals surface area contributed by atoms with E-state index in [1.807, 2.05) is 12.4 Å². The maximum atomic E-state index is 6.38. The zero-order chi connectivity index (χ0) is 10.2. The second-order valence-electron chi connectivity index (χ2n) is 3.81. The second-order valence-corrected chi connectivity index (χ2v) is 9.60. The van der Waals surface area contributed by atoms with Gasteiger partial charge in [-0.15, -0.1) is 0 Å². The van der Waals surface area contributed by atoms with Gasteiger partial charge in [-0.05, 0) is 27.7 Å². The van der Waals surface area contributed by atoms with Crippen LogP contribution in [0.15, 0.2) is 12.4 Å². The SMILES string of the molecule is CC(C)N1C=CN(C(C)C)[Si]1(Cl)Cl. The van der Waals surface area contributed by atoms with Gasteiger partial charge in [0.15, 0.2) is 0 Å². The first-order valence-electron chi connectivity index (χ1n) is 4.50. The Balaban J connectivity index is 2.83. The Morgan fingerprint density at radius 3 is 1.38 bits per heavy atom. The molecule has 0 bridgehead atoms. The van der Waals surface area contributed by atoms with Crippen molar-refractivity contribution in [2.24, 2.45) is 0 Å². The molecule has 1 heterocycles. The highest BCUT2D eigenvalue weighted by Crippen LogP contribution is 2.33. The molecule has 13 heavy (non-hydrogen) atoms. The van der Waals surface area contributed by atoms with Crippen LogP contribution in [0.4, 0.5) is 0 Å². The van der Waals surface area contributed by atoms with E-state index in [-0.39, 0.29) is 0 Å². The van der Waals surface area contributed by atoms with Crippen LogP contribution in [0.3, 0.4) is 0 Å². The molecule has 1 aliphatic heterocycles. The van der Waals surface area contributed by atoms with Gasteiger partial charge in [0.1, 0.15) is 0 Å². The first-order chi connectivity index (χ1) is 5.87. The Bertz CT molecular complexity index is 196. The summed E-state index contributed by atoms with van der Waals surface area (Å²) in [7, 11) is -2.43. The topological polar surface area (TPSA) is 6.48 Å². The van der Waals surface area contributed by atoms with Crippen LogP contribution in [0.5, 0.6) is 0 Å². The van der Waals surface area contributed by atoms with E-state index in [0.717, 1.165) is 0 Å². The van der Waals surface area contributed by atoms with Crippen molar-refractivity contribution in [1.29, 1.82) is 0 Å². The van der Waals surface area contributed by atoms with Gasteiger partial charge in [0.25, 0.3) is 0 Å². The molecule has 0 unspecified atom stereocenters. The minimum absolute atomic E-state index is 0.363. The summed E-state index contributed by atoms with van der Waals surface area (Å²) in [5.41, 5.74) is 0. The van der Waals surface area contributed by atoms with Crippen LogP contribution < -0.4 is 0 Å². The fourth-order valence-corrected chi connectivity index (χ4v) is 6.44. The Labute approximate surface area is 90.7 Å². The van der Waals surface area contributed by atoms with Crippen molar-refractivity contribution in [2.75, 3.05) is 0 Å². The lowest BCUT2D eigenvalue weighted by Crippen LogP contribution is -2.54. The Kier molecular flexibility index (Phi) is 3.20.